The van der Waals surface area contributed by atoms with Crippen molar-refractivity contribution in [3.63, 3.8) is 0 Å². The summed E-state index contributed by atoms with van der Waals surface area (Å²) in [6, 6.07) is 9.16. The number of sulfone groups is 1. The first-order valence-electron chi connectivity index (χ1n) is 6.18. The first kappa shape index (κ1) is 15.3. The highest BCUT2D eigenvalue weighted by Crippen LogP contribution is 2.30. The maximum absolute atomic E-state index is 11.4. The summed E-state index contributed by atoms with van der Waals surface area (Å²) >= 11 is 1.04. The van der Waals surface area contributed by atoms with E-state index in [0.29, 0.717) is 6.42 Å². The molecular weight excluding hydrogens is 300 g/mol. The Morgan fingerprint density at radius 3 is 2.45 bits per heavy atom. The van der Waals surface area contributed by atoms with Crippen LogP contribution in [0, 0.1) is 0 Å². The molecular formula is C13H16O5S2. The van der Waals surface area contributed by atoms with Crippen molar-refractivity contribution in [3.05, 3.63) is 35.9 Å². The number of carbonyl (C=O) groups is 1. The molecule has 7 heteroatoms. The van der Waals surface area contributed by atoms with Gasteiger partial charge in [-0.2, -0.15) is 0 Å². The van der Waals surface area contributed by atoms with Crippen molar-refractivity contribution in [2.75, 3.05) is 11.5 Å². The van der Waals surface area contributed by atoms with Gasteiger partial charge in [0.1, 0.15) is 5.25 Å². The molecule has 0 amide bonds. The first-order valence-corrected chi connectivity index (χ1v) is 8.94. The summed E-state index contributed by atoms with van der Waals surface area (Å²) in [5, 5.41) is 17.7. The van der Waals surface area contributed by atoms with E-state index in [0.717, 1.165) is 17.3 Å². The second kappa shape index (κ2) is 6.15. The Hall–Kier alpha value is -1.05. The van der Waals surface area contributed by atoms with Gasteiger partial charge in [0.15, 0.2) is 9.84 Å². The van der Waals surface area contributed by atoms with Crippen molar-refractivity contribution in [1.29, 1.82) is 0 Å². The standard InChI is InChI=1S/C13H16O5S2/c14-10-7-20(17,18)8-12(10)19-11(13(15)16)6-9-4-2-1-3-5-9/h1-5,10-12,14H,6-8H2,(H,15,16). The minimum atomic E-state index is -3.25. The van der Waals surface area contributed by atoms with Gasteiger partial charge in [-0.15, -0.1) is 11.8 Å². The third-order valence-electron chi connectivity index (χ3n) is 3.15. The lowest BCUT2D eigenvalue weighted by molar-refractivity contribution is -0.136. The number of thioether (sulfide) groups is 1. The van der Waals surface area contributed by atoms with Crippen LogP contribution in [0.3, 0.4) is 0 Å². The summed E-state index contributed by atoms with van der Waals surface area (Å²) in [5.41, 5.74) is 0.878. The van der Waals surface area contributed by atoms with Crippen LogP contribution in [-0.4, -0.2) is 52.7 Å². The molecule has 3 atom stereocenters. The molecule has 1 aromatic rings. The van der Waals surface area contributed by atoms with E-state index in [-0.39, 0.29) is 11.5 Å². The van der Waals surface area contributed by atoms with Gasteiger partial charge in [-0.05, 0) is 12.0 Å². The average molecular weight is 316 g/mol. The van der Waals surface area contributed by atoms with Gasteiger partial charge in [-0.3, -0.25) is 4.79 Å². The average Bonchev–Trinajstić information content (AvgIpc) is 2.62. The number of aliphatic hydroxyl groups is 1. The molecule has 5 nitrogen and oxygen atoms in total. The molecule has 3 unspecified atom stereocenters. The molecule has 0 saturated carbocycles. The number of carboxylic acid groups (broad SMARTS) is 1. The summed E-state index contributed by atoms with van der Waals surface area (Å²) in [6.45, 7) is 0. The number of benzene rings is 1. The van der Waals surface area contributed by atoms with Crippen LogP contribution in [0.1, 0.15) is 5.56 Å². The van der Waals surface area contributed by atoms with Gasteiger partial charge in [0.05, 0.1) is 17.6 Å². The van der Waals surface area contributed by atoms with Gasteiger partial charge >= 0.3 is 5.97 Å². The minimum absolute atomic E-state index is 0.155. The highest BCUT2D eigenvalue weighted by atomic mass is 32.2. The number of aliphatic carboxylic acids is 1. The van der Waals surface area contributed by atoms with Gasteiger partial charge in [-0.1, -0.05) is 30.3 Å². The van der Waals surface area contributed by atoms with Gasteiger partial charge in [0, 0.05) is 5.25 Å². The van der Waals surface area contributed by atoms with Crippen molar-refractivity contribution in [3.8, 4) is 0 Å². The number of aliphatic hydroxyl groups excluding tert-OH is 1. The Balaban J connectivity index is 2.05. The van der Waals surface area contributed by atoms with E-state index < -0.39 is 32.4 Å². The van der Waals surface area contributed by atoms with E-state index in [4.69, 9.17) is 0 Å². The van der Waals surface area contributed by atoms with Crippen LogP contribution in [-0.2, 0) is 21.1 Å². The lowest BCUT2D eigenvalue weighted by Gasteiger charge is -2.18. The van der Waals surface area contributed by atoms with Crippen LogP contribution in [0.2, 0.25) is 0 Å². The predicted molar refractivity (Wildman–Crippen MR) is 77.6 cm³/mol. The Bertz CT molecular complexity index is 570. The molecule has 0 aromatic heterocycles. The second-order valence-corrected chi connectivity index (χ2v) is 8.44. The van der Waals surface area contributed by atoms with E-state index in [1.165, 1.54) is 0 Å². The monoisotopic (exact) mass is 316 g/mol. The molecule has 0 bridgehead atoms. The zero-order valence-corrected chi connectivity index (χ0v) is 12.3. The smallest absolute Gasteiger partial charge is 0.316 e. The van der Waals surface area contributed by atoms with E-state index in [9.17, 15) is 23.4 Å². The van der Waals surface area contributed by atoms with Gasteiger partial charge in [0.25, 0.3) is 0 Å². The SMILES string of the molecule is O=C(O)C(Cc1ccccc1)SC1CS(=O)(=O)CC1O. The van der Waals surface area contributed by atoms with Crippen molar-refractivity contribution in [1.82, 2.24) is 0 Å². The fourth-order valence-corrected chi connectivity index (χ4v) is 5.93. The quantitative estimate of drug-likeness (QED) is 0.825. The Morgan fingerprint density at radius 2 is 1.95 bits per heavy atom. The predicted octanol–water partition coefficient (Wildman–Crippen LogP) is 0.573. The zero-order valence-electron chi connectivity index (χ0n) is 10.7. The highest BCUT2D eigenvalue weighted by Gasteiger charge is 2.39. The molecule has 1 aliphatic rings. The van der Waals surface area contributed by atoms with Crippen LogP contribution in [0.5, 0.6) is 0 Å². The number of rotatable bonds is 5. The van der Waals surface area contributed by atoms with Crippen LogP contribution in [0.4, 0.5) is 0 Å². The van der Waals surface area contributed by atoms with Crippen molar-refractivity contribution >= 4 is 27.6 Å². The van der Waals surface area contributed by atoms with Crippen molar-refractivity contribution in [2.45, 2.75) is 23.0 Å². The molecule has 1 fully saturated rings. The molecule has 1 aromatic carbocycles. The van der Waals surface area contributed by atoms with Gasteiger partial charge in [-0.25, -0.2) is 8.42 Å². The van der Waals surface area contributed by atoms with Crippen LogP contribution >= 0.6 is 11.8 Å². The maximum atomic E-state index is 11.4. The Kier molecular flexibility index (Phi) is 4.72. The molecule has 1 heterocycles. The van der Waals surface area contributed by atoms with Crippen LogP contribution in [0.25, 0.3) is 0 Å². The normalized spacial score (nSPS) is 26.2. The second-order valence-electron chi connectivity index (χ2n) is 4.84. The highest BCUT2D eigenvalue weighted by molar-refractivity contribution is 8.03. The maximum Gasteiger partial charge on any atom is 0.316 e. The first-order chi connectivity index (χ1) is 9.37. The fourth-order valence-electron chi connectivity index (χ4n) is 2.16. The molecule has 0 spiro atoms. The molecule has 2 rings (SSSR count). The lowest BCUT2D eigenvalue weighted by Crippen LogP contribution is -2.28. The third kappa shape index (κ3) is 3.97. The lowest BCUT2D eigenvalue weighted by atomic mass is 10.1. The summed E-state index contributed by atoms with van der Waals surface area (Å²) in [4.78, 5) is 11.3. The van der Waals surface area contributed by atoms with Crippen molar-refractivity contribution < 1.29 is 23.4 Å². The van der Waals surface area contributed by atoms with E-state index in [2.05, 4.69) is 0 Å². The van der Waals surface area contributed by atoms with Crippen LogP contribution in [0.15, 0.2) is 30.3 Å². The van der Waals surface area contributed by atoms with Crippen molar-refractivity contribution in [2.24, 2.45) is 0 Å². The molecule has 20 heavy (non-hydrogen) atoms. The summed E-state index contributed by atoms with van der Waals surface area (Å²) in [6.07, 6.45) is -0.674. The molecule has 0 aliphatic carbocycles. The minimum Gasteiger partial charge on any atom is -0.480 e. The summed E-state index contributed by atoms with van der Waals surface area (Å²) in [7, 11) is -3.25. The van der Waals surface area contributed by atoms with Gasteiger partial charge < -0.3 is 10.2 Å². The van der Waals surface area contributed by atoms with Gasteiger partial charge in [0.2, 0.25) is 0 Å². The van der Waals surface area contributed by atoms with E-state index in [1.807, 2.05) is 30.3 Å². The summed E-state index contributed by atoms with van der Waals surface area (Å²) < 4.78 is 22.9. The zero-order chi connectivity index (χ0) is 14.8. The number of hydrogen-bond acceptors (Lipinski definition) is 5. The molecule has 0 radical (unpaired) electrons. The Labute approximate surface area is 121 Å². The number of hydrogen-bond donors (Lipinski definition) is 2. The summed E-state index contributed by atoms with van der Waals surface area (Å²) in [5.74, 6) is -1.42. The molecule has 1 aliphatic heterocycles. The number of carboxylic acids is 1. The molecule has 110 valence electrons. The molecule has 1 saturated heterocycles. The van der Waals surface area contributed by atoms with E-state index >= 15 is 0 Å². The topological polar surface area (TPSA) is 91.7 Å². The van der Waals surface area contributed by atoms with Crippen LogP contribution < -0.4 is 0 Å². The fraction of sp³-hybridized carbons (Fsp3) is 0.462. The molecule has 2 N–H and O–H groups in total. The van der Waals surface area contributed by atoms with E-state index in [1.54, 1.807) is 0 Å². The Morgan fingerprint density at radius 1 is 1.30 bits per heavy atom. The largest absolute Gasteiger partial charge is 0.480 e. The third-order valence-corrected chi connectivity index (χ3v) is 6.61.